The van der Waals surface area contributed by atoms with Crippen LogP contribution in [-0.2, 0) is 4.74 Å². The van der Waals surface area contributed by atoms with Gasteiger partial charge in [0.2, 0.25) is 0 Å². The van der Waals surface area contributed by atoms with Crippen molar-refractivity contribution in [3.63, 3.8) is 0 Å². The quantitative estimate of drug-likeness (QED) is 0.701. The van der Waals surface area contributed by atoms with E-state index in [-0.39, 0.29) is 0 Å². The molecule has 1 aliphatic rings. The minimum absolute atomic E-state index is 0.562. The van der Waals surface area contributed by atoms with Crippen LogP contribution >= 0.6 is 0 Å². The zero-order valence-corrected chi connectivity index (χ0v) is 12.2. The van der Waals surface area contributed by atoms with Gasteiger partial charge in [-0.05, 0) is 50.5 Å². The van der Waals surface area contributed by atoms with E-state index in [0.29, 0.717) is 12.1 Å². The van der Waals surface area contributed by atoms with E-state index in [2.05, 4.69) is 33.0 Å². The normalized spacial score (nSPS) is 24.2. The van der Waals surface area contributed by atoms with Gasteiger partial charge in [0.25, 0.3) is 0 Å². The minimum Gasteiger partial charge on any atom is -0.378 e. The molecule has 0 aromatic carbocycles. The molecule has 2 heteroatoms. The van der Waals surface area contributed by atoms with Gasteiger partial charge < -0.3 is 10.1 Å². The Bertz CT molecular complexity index is 187. The Labute approximate surface area is 108 Å². The highest BCUT2D eigenvalue weighted by Crippen LogP contribution is 2.22. The summed E-state index contributed by atoms with van der Waals surface area (Å²) in [6.07, 6.45) is 6.97. The van der Waals surface area contributed by atoms with Crippen molar-refractivity contribution < 1.29 is 4.74 Å². The van der Waals surface area contributed by atoms with Crippen molar-refractivity contribution in [1.82, 2.24) is 5.32 Å². The third-order valence-electron chi connectivity index (χ3n) is 4.22. The topological polar surface area (TPSA) is 21.3 Å². The van der Waals surface area contributed by atoms with Crippen LogP contribution < -0.4 is 5.32 Å². The molecule has 1 fully saturated rings. The van der Waals surface area contributed by atoms with E-state index in [9.17, 15) is 0 Å². The van der Waals surface area contributed by atoms with E-state index >= 15 is 0 Å². The van der Waals surface area contributed by atoms with Gasteiger partial charge in [0, 0.05) is 12.6 Å². The van der Waals surface area contributed by atoms with Crippen molar-refractivity contribution in [2.24, 2.45) is 11.8 Å². The maximum absolute atomic E-state index is 5.68. The molecule has 0 aliphatic carbocycles. The van der Waals surface area contributed by atoms with Gasteiger partial charge in [-0.25, -0.2) is 0 Å². The first kappa shape index (κ1) is 15.0. The monoisotopic (exact) mass is 241 g/mol. The first-order valence-electron chi connectivity index (χ1n) is 7.50. The first-order chi connectivity index (χ1) is 8.15. The molecule has 0 spiro atoms. The summed E-state index contributed by atoms with van der Waals surface area (Å²) in [4.78, 5) is 0. The summed E-state index contributed by atoms with van der Waals surface area (Å²) in [6, 6.07) is 0.682. The minimum atomic E-state index is 0.562. The molecule has 0 bridgehead atoms. The SMILES string of the molecule is CCNC(CCCC1CCCO1)C(C)C(C)C. The summed E-state index contributed by atoms with van der Waals surface area (Å²) in [5, 5.41) is 3.65. The average Bonchev–Trinajstić information content (AvgIpc) is 2.80. The summed E-state index contributed by atoms with van der Waals surface area (Å²) in [5.41, 5.74) is 0. The summed E-state index contributed by atoms with van der Waals surface area (Å²) in [7, 11) is 0. The standard InChI is InChI=1S/C15H31NO/c1-5-16-15(13(4)12(2)3)10-6-8-14-9-7-11-17-14/h12-16H,5-11H2,1-4H3. The second-order valence-electron chi connectivity index (χ2n) is 5.83. The smallest absolute Gasteiger partial charge is 0.0576 e. The number of hydrogen-bond donors (Lipinski definition) is 1. The zero-order chi connectivity index (χ0) is 12.7. The average molecular weight is 241 g/mol. The van der Waals surface area contributed by atoms with E-state index in [0.717, 1.165) is 25.0 Å². The number of nitrogens with one attached hydrogen (secondary N) is 1. The van der Waals surface area contributed by atoms with Crippen LogP contribution in [0.15, 0.2) is 0 Å². The van der Waals surface area contributed by atoms with E-state index in [1.807, 2.05) is 0 Å². The fourth-order valence-corrected chi connectivity index (χ4v) is 2.72. The molecule has 0 aromatic heterocycles. The van der Waals surface area contributed by atoms with Gasteiger partial charge in [0.05, 0.1) is 6.10 Å². The fourth-order valence-electron chi connectivity index (χ4n) is 2.72. The lowest BCUT2D eigenvalue weighted by molar-refractivity contribution is 0.100. The molecule has 17 heavy (non-hydrogen) atoms. The van der Waals surface area contributed by atoms with Gasteiger partial charge in [0.15, 0.2) is 0 Å². The van der Waals surface area contributed by atoms with Gasteiger partial charge in [-0.1, -0.05) is 27.7 Å². The molecule has 0 saturated carbocycles. The van der Waals surface area contributed by atoms with Crippen LogP contribution in [-0.4, -0.2) is 25.3 Å². The van der Waals surface area contributed by atoms with Gasteiger partial charge in [0.1, 0.15) is 0 Å². The first-order valence-corrected chi connectivity index (χ1v) is 7.50. The highest BCUT2D eigenvalue weighted by molar-refractivity contribution is 4.76. The van der Waals surface area contributed by atoms with Gasteiger partial charge in [-0.2, -0.15) is 0 Å². The van der Waals surface area contributed by atoms with Crippen molar-refractivity contribution in [1.29, 1.82) is 0 Å². The lowest BCUT2D eigenvalue weighted by atomic mass is 9.87. The molecule has 1 heterocycles. The summed E-state index contributed by atoms with van der Waals surface area (Å²) < 4.78 is 5.68. The fraction of sp³-hybridized carbons (Fsp3) is 1.00. The third kappa shape index (κ3) is 5.39. The second-order valence-corrected chi connectivity index (χ2v) is 5.83. The van der Waals surface area contributed by atoms with Gasteiger partial charge in [-0.15, -0.1) is 0 Å². The largest absolute Gasteiger partial charge is 0.378 e. The Kier molecular flexibility index (Phi) is 7.14. The van der Waals surface area contributed by atoms with Crippen LogP contribution in [0.25, 0.3) is 0 Å². The van der Waals surface area contributed by atoms with Crippen LogP contribution in [0.5, 0.6) is 0 Å². The molecule has 3 unspecified atom stereocenters. The van der Waals surface area contributed by atoms with E-state index < -0.39 is 0 Å². The van der Waals surface area contributed by atoms with Crippen LogP contribution in [0, 0.1) is 11.8 Å². The molecule has 1 rings (SSSR count). The maximum Gasteiger partial charge on any atom is 0.0576 e. The molecule has 0 amide bonds. The summed E-state index contributed by atoms with van der Waals surface area (Å²) >= 11 is 0. The predicted octanol–water partition coefficient (Wildman–Crippen LogP) is 3.61. The molecule has 1 aliphatic heterocycles. The molecule has 102 valence electrons. The van der Waals surface area contributed by atoms with Crippen LogP contribution in [0.3, 0.4) is 0 Å². The van der Waals surface area contributed by atoms with Crippen molar-refractivity contribution in [2.75, 3.05) is 13.2 Å². The zero-order valence-electron chi connectivity index (χ0n) is 12.2. The Morgan fingerprint density at radius 2 is 2.06 bits per heavy atom. The van der Waals surface area contributed by atoms with Crippen molar-refractivity contribution in [2.45, 2.75) is 71.9 Å². The highest BCUT2D eigenvalue weighted by atomic mass is 16.5. The van der Waals surface area contributed by atoms with E-state index in [1.54, 1.807) is 0 Å². The highest BCUT2D eigenvalue weighted by Gasteiger charge is 2.20. The van der Waals surface area contributed by atoms with E-state index in [4.69, 9.17) is 4.74 Å². The van der Waals surface area contributed by atoms with Crippen molar-refractivity contribution in [3.8, 4) is 0 Å². The van der Waals surface area contributed by atoms with Gasteiger partial charge in [-0.3, -0.25) is 0 Å². The molecule has 2 nitrogen and oxygen atoms in total. The van der Waals surface area contributed by atoms with Gasteiger partial charge >= 0.3 is 0 Å². The Balaban J connectivity index is 2.23. The number of hydrogen-bond acceptors (Lipinski definition) is 2. The molecule has 3 atom stereocenters. The molecule has 0 radical (unpaired) electrons. The summed E-state index contributed by atoms with van der Waals surface area (Å²) in [5.74, 6) is 1.53. The van der Waals surface area contributed by atoms with Crippen molar-refractivity contribution >= 4 is 0 Å². The lowest BCUT2D eigenvalue weighted by Crippen LogP contribution is -2.37. The second kappa shape index (κ2) is 8.10. The van der Waals surface area contributed by atoms with Crippen LogP contribution in [0.2, 0.25) is 0 Å². The number of rotatable bonds is 8. The Hall–Kier alpha value is -0.0800. The number of ether oxygens (including phenoxy) is 1. The lowest BCUT2D eigenvalue weighted by Gasteiger charge is -2.28. The molecule has 0 aromatic rings. The molecule has 1 saturated heterocycles. The Morgan fingerprint density at radius 3 is 2.59 bits per heavy atom. The van der Waals surface area contributed by atoms with E-state index in [1.165, 1.54) is 32.1 Å². The molecular weight excluding hydrogens is 210 g/mol. The van der Waals surface area contributed by atoms with Crippen molar-refractivity contribution in [3.05, 3.63) is 0 Å². The predicted molar refractivity (Wildman–Crippen MR) is 74.3 cm³/mol. The van der Waals surface area contributed by atoms with Crippen LogP contribution in [0.1, 0.15) is 59.8 Å². The maximum atomic E-state index is 5.68. The third-order valence-corrected chi connectivity index (χ3v) is 4.22. The Morgan fingerprint density at radius 1 is 1.29 bits per heavy atom. The van der Waals surface area contributed by atoms with Crippen LogP contribution in [0.4, 0.5) is 0 Å². The molecule has 1 N–H and O–H groups in total. The summed E-state index contributed by atoms with van der Waals surface area (Å²) in [6.45, 7) is 11.3. The molecular formula is C15H31NO.